The number of carbonyl (C=O) groups is 2. The van der Waals surface area contributed by atoms with Crippen LogP contribution in [0.2, 0.25) is 0 Å². The van der Waals surface area contributed by atoms with E-state index in [1.807, 2.05) is 54.9 Å². The minimum Gasteiger partial charge on any atom is -0.467 e. The van der Waals surface area contributed by atoms with Gasteiger partial charge in [0.05, 0.1) is 25.7 Å². The molecule has 7 nitrogen and oxygen atoms in total. The van der Waals surface area contributed by atoms with Crippen LogP contribution in [0.25, 0.3) is 0 Å². The van der Waals surface area contributed by atoms with E-state index in [-0.39, 0.29) is 19.1 Å². The maximum atomic E-state index is 12.4. The Bertz CT molecular complexity index is 743. The SMILES string of the molecule is CCOC(=O)N(C(C)C)[C@@H](Cc1cn(Cc2ccccc2)cn1)C(=O)OC. The Morgan fingerprint density at radius 3 is 2.52 bits per heavy atom. The molecule has 1 aromatic carbocycles. The van der Waals surface area contributed by atoms with E-state index in [0.717, 1.165) is 5.56 Å². The van der Waals surface area contributed by atoms with Crippen molar-refractivity contribution in [1.29, 1.82) is 0 Å². The number of hydrogen-bond acceptors (Lipinski definition) is 5. The maximum Gasteiger partial charge on any atom is 0.410 e. The number of carbonyl (C=O) groups excluding carboxylic acids is 2. The summed E-state index contributed by atoms with van der Waals surface area (Å²) in [5, 5.41) is 0. The van der Waals surface area contributed by atoms with Gasteiger partial charge in [0.1, 0.15) is 6.04 Å². The lowest BCUT2D eigenvalue weighted by Gasteiger charge is -2.31. The fourth-order valence-electron chi connectivity index (χ4n) is 2.92. The molecule has 0 unspecified atom stereocenters. The number of imidazole rings is 1. The van der Waals surface area contributed by atoms with Crippen LogP contribution in [0.15, 0.2) is 42.9 Å². The molecule has 0 saturated carbocycles. The molecule has 146 valence electrons. The van der Waals surface area contributed by atoms with Gasteiger partial charge in [-0.25, -0.2) is 14.6 Å². The van der Waals surface area contributed by atoms with Crippen LogP contribution in [-0.4, -0.2) is 52.3 Å². The summed E-state index contributed by atoms with van der Waals surface area (Å²) in [5.74, 6) is -0.491. The van der Waals surface area contributed by atoms with Crippen molar-refractivity contribution in [3.63, 3.8) is 0 Å². The fourth-order valence-corrected chi connectivity index (χ4v) is 2.92. The fraction of sp³-hybridized carbons (Fsp3) is 0.450. The summed E-state index contributed by atoms with van der Waals surface area (Å²) >= 11 is 0. The van der Waals surface area contributed by atoms with E-state index in [2.05, 4.69) is 4.98 Å². The molecule has 2 rings (SSSR count). The zero-order chi connectivity index (χ0) is 19.8. The van der Waals surface area contributed by atoms with E-state index in [1.165, 1.54) is 12.0 Å². The van der Waals surface area contributed by atoms with Crippen LogP contribution >= 0.6 is 0 Å². The van der Waals surface area contributed by atoms with Gasteiger partial charge in [-0.05, 0) is 26.3 Å². The molecular weight excluding hydrogens is 346 g/mol. The number of benzene rings is 1. The van der Waals surface area contributed by atoms with Crippen molar-refractivity contribution in [2.75, 3.05) is 13.7 Å². The largest absolute Gasteiger partial charge is 0.467 e. The number of hydrogen-bond donors (Lipinski definition) is 0. The lowest BCUT2D eigenvalue weighted by atomic mass is 10.1. The van der Waals surface area contributed by atoms with Crippen LogP contribution in [0.3, 0.4) is 0 Å². The van der Waals surface area contributed by atoms with Crippen molar-refractivity contribution in [3.8, 4) is 0 Å². The maximum absolute atomic E-state index is 12.4. The molecule has 1 heterocycles. The second-order valence-electron chi connectivity index (χ2n) is 6.47. The topological polar surface area (TPSA) is 73.7 Å². The predicted octanol–water partition coefficient (Wildman–Crippen LogP) is 2.88. The highest BCUT2D eigenvalue weighted by molar-refractivity contribution is 5.81. The molecule has 0 N–H and O–H groups in total. The zero-order valence-electron chi connectivity index (χ0n) is 16.3. The van der Waals surface area contributed by atoms with Crippen LogP contribution in [0.1, 0.15) is 32.0 Å². The molecule has 0 spiro atoms. The first-order chi connectivity index (χ1) is 13.0. The van der Waals surface area contributed by atoms with E-state index in [1.54, 1.807) is 13.3 Å². The van der Waals surface area contributed by atoms with Crippen LogP contribution in [0.5, 0.6) is 0 Å². The average molecular weight is 373 g/mol. The number of aromatic nitrogens is 2. The van der Waals surface area contributed by atoms with Crippen molar-refractivity contribution >= 4 is 12.1 Å². The van der Waals surface area contributed by atoms with Gasteiger partial charge in [-0.3, -0.25) is 4.90 Å². The standard InChI is InChI=1S/C20H27N3O4/c1-5-27-20(25)23(15(2)3)18(19(24)26-4)11-17-13-22(14-21-17)12-16-9-7-6-8-10-16/h6-10,13-15,18H,5,11-12H2,1-4H3/t18-/m0/s1. The van der Waals surface area contributed by atoms with Gasteiger partial charge < -0.3 is 14.0 Å². The predicted molar refractivity (Wildman–Crippen MR) is 101 cm³/mol. The van der Waals surface area contributed by atoms with E-state index in [9.17, 15) is 9.59 Å². The summed E-state index contributed by atoms with van der Waals surface area (Å²) in [6, 6.07) is 9.00. The molecule has 0 aliphatic carbocycles. The molecule has 27 heavy (non-hydrogen) atoms. The van der Waals surface area contributed by atoms with Crippen molar-refractivity contribution in [2.24, 2.45) is 0 Å². The summed E-state index contributed by atoms with van der Waals surface area (Å²) in [6.07, 6.45) is 3.32. The van der Waals surface area contributed by atoms with Gasteiger partial charge in [-0.1, -0.05) is 30.3 Å². The molecule has 0 fully saturated rings. The van der Waals surface area contributed by atoms with Crippen LogP contribution in [-0.2, 0) is 27.2 Å². The summed E-state index contributed by atoms with van der Waals surface area (Å²) in [4.78, 5) is 30.5. The van der Waals surface area contributed by atoms with E-state index < -0.39 is 18.1 Å². The van der Waals surface area contributed by atoms with Crippen molar-refractivity contribution in [1.82, 2.24) is 14.5 Å². The molecule has 1 atom stereocenters. The second-order valence-corrected chi connectivity index (χ2v) is 6.47. The van der Waals surface area contributed by atoms with Crippen LogP contribution in [0.4, 0.5) is 4.79 Å². The third-order valence-corrected chi connectivity index (χ3v) is 4.14. The highest BCUT2D eigenvalue weighted by atomic mass is 16.6. The highest BCUT2D eigenvalue weighted by Gasteiger charge is 2.34. The smallest absolute Gasteiger partial charge is 0.410 e. The zero-order valence-corrected chi connectivity index (χ0v) is 16.3. The van der Waals surface area contributed by atoms with Gasteiger partial charge in [0.25, 0.3) is 0 Å². The highest BCUT2D eigenvalue weighted by Crippen LogP contribution is 2.15. The van der Waals surface area contributed by atoms with Crippen LogP contribution < -0.4 is 0 Å². The Balaban J connectivity index is 2.18. The first kappa shape index (κ1) is 20.5. The van der Waals surface area contributed by atoms with Crippen molar-refractivity contribution < 1.29 is 19.1 Å². The minimum atomic E-state index is -0.797. The quantitative estimate of drug-likeness (QED) is 0.665. The van der Waals surface area contributed by atoms with Crippen molar-refractivity contribution in [2.45, 2.75) is 45.8 Å². The molecule has 0 aliphatic rings. The molecule has 0 bridgehead atoms. The molecular formula is C20H27N3O4. The van der Waals surface area contributed by atoms with Gasteiger partial charge in [-0.2, -0.15) is 0 Å². The molecule has 0 aliphatic heterocycles. The van der Waals surface area contributed by atoms with Gasteiger partial charge in [-0.15, -0.1) is 0 Å². The number of nitrogens with zero attached hydrogens (tertiary/aromatic N) is 3. The number of methoxy groups -OCH3 is 1. The minimum absolute atomic E-state index is 0.223. The lowest BCUT2D eigenvalue weighted by Crippen LogP contribution is -2.50. The third kappa shape index (κ3) is 5.57. The number of rotatable bonds is 8. The molecule has 1 aromatic heterocycles. The van der Waals surface area contributed by atoms with Crippen LogP contribution in [0, 0.1) is 0 Å². The van der Waals surface area contributed by atoms with Gasteiger partial charge in [0.2, 0.25) is 0 Å². The lowest BCUT2D eigenvalue weighted by molar-refractivity contribution is -0.147. The molecule has 2 aromatic rings. The van der Waals surface area contributed by atoms with Crippen molar-refractivity contribution in [3.05, 3.63) is 54.1 Å². The Hall–Kier alpha value is -2.83. The number of amides is 1. The van der Waals surface area contributed by atoms with E-state index in [4.69, 9.17) is 9.47 Å². The summed E-state index contributed by atoms with van der Waals surface area (Å²) in [7, 11) is 1.31. The van der Waals surface area contributed by atoms with Gasteiger partial charge >= 0.3 is 12.1 Å². The first-order valence-corrected chi connectivity index (χ1v) is 9.03. The monoisotopic (exact) mass is 373 g/mol. The number of ether oxygens (including phenoxy) is 2. The Kier molecular flexibility index (Phi) is 7.40. The Morgan fingerprint density at radius 2 is 1.93 bits per heavy atom. The van der Waals surface area contributed by atoms with E-state index in [0.29, 0.717) is 12.2 Å². The Morgan fingerprint density at radius 1 is 1.22 bits per heavy atom. The Labute approximate surface area is 159 Å². The second kappa shape index (κ2) is 9.75. The summed E-state index contributed by atoms with van der Waals surface area (Å²) in [5.41, 5.74) is 1.86. The van der Waals surface area contributed by atoms with Gasteiger partial charge in [0.15, 0.2) is 0 Å². The normalized spacial score (nSPS) is 11.9. The first-order valence-electron chi connectivity index (χ1n) is 9.03. The molecule has 7 heteroatoms. The van der Waals surface area contributed by atoms with Gasteiger partial charge in [0, 0.05) is 25.2 Å². The summed E-state index contributed by atoms with van der Waals surface area (Å²) in [6.45, 7) is 6.32. The molecule has 0 radical (unpaired) electrons. The molecule has 0 saturated heterocycles. The third-order valence-electron chi connectivity index (χ3n) is 4.14. The average Bonchev–Trinajstić information content (AvgIpc) is 3.08. The number of esters is 1. The van der Waals surface area contributed by atoms with E-state index >= 15 is 0 Å². The summed E-state index contributed by atoms with van der Waals surface area (Å²) < 4.78 is 12.0. The molecule has 1 amide bonds.